The second-order valence-electron chi connectivity index (χ2n) is 4.19. The molecule has 1 amide bonds. The van der Waals surface area contributed by atoms with Crippen LogP contribution in [0.15, 0.2) is 12.7 Å². The summed E-state index contributed by atoms with van der Waals surface area (Å²) in [5.74, 6) is 0.493. The van der Waals surface area contributed by atoms with Crippen LogP contribution in [0, 0.1) is 0 Å². The van der Waals surface area contributed by atoms with E-state index in [2.05, 4.69) is 15.0 Å². The largest absolute Gasteiger partial charge is 0.382 e. The Balaban J connectivity index is 2.10. The van der Waals surface area contributed by atoms with E-state index in [1.165, 1.54) is 6.33 Å². The van der Waals surface area contributed by atoms with E-state index in [1.807, 2.05) is 23.3 Å². The van der Waals surface area contributed by atoms with Crippen LogP contribution in [0.5, 0.6) is 0 Å². The number of aryl methyl sites for hydroxylation is 1. The van der Waals surface area contributed by atoms with Crippen molar-refractivity contribution in [2.45, 2.75) is 26.8 Å². The van der Waals surface area contributed by atoms with E-state index in [4.69, 9.17) is 5.73 Å². The Kier molecular flexibility index (Phi) is 3.94. The highest BCUT2D eigenvalue weighted by molar-refractivity contribution is 5.81. The van der Waals surface area contributed by atoms with Crippen molar-refractivity contribution in [3.05, 3.63) is 12.7 Å². The number of fused-ring (bicyclic) bond motifs is 1. The molecule has 2 aromatic rings. The summed E-state index contributed by atoms with van der Waals surface area (Å²) < 4.78 is 1.83. The SMILES string of the molecule is CCN(CC)C(=O)CCn1cnc2c(N)ncnc21. The first-order valence-electron chi connectivity index (χ1n) is 6.36. The van der Waals surface area contributed by atoms with Gasteiger partial charge in [-0.3, -0.25) is 4.79 Å². The maximum Gasteiger partial charge on any atom is 0.224 e. The molecule has 2 rings (SSSR count). The van der Waals surface area contributed by atoms with E-state index in [-0.39, 0.29) is 5.91 Å². The molecule has 2 N–H and O–H groups in total. The molecule has 0 spiro atoms. The first-order chi connectivity index (χ1) is 9.17. The minimum atomic E-state index is 0.133. The van der Waals surface area contributed by atoms with Gasteiger partial charge in [-0.2, -0.15) is 0 Å². The molecule has 0 aliphatic heterocycles. The topological polar surface area (TPSA) is 89.9 Å². The number of hydrogen-bond acceptors (Lipinski definition) is 5. The third-order valence-corrected chi connectivity index (χ3v) is 3.11. The van der Waals surface area contributed by atoms with Gasteiger partial charge in [0, 0.05) is 26.1 Å². The van der Waals surface area contributed by atoms with Crippen LogP contribution < -0.4 is 5.73 Å². The van der Waals surface area contributed by atoms with Crippen molar-refractivity contribution < 1.29 is 4.79 Å². The minimum Gasteiger partial charge on any atom is -0.382 e. The molecule has 0 atom stereocenters. The van der Waals surface area contributed by atoms with E-state index in [0.29, 0.717) is 29.9 Å². The fourth-order valence-corrected chi connectivity index (χ4v) is 2.01. The number of carbonyl (C=O) groups excluding carboxylic acids is 1. The van der Waals surface area contributed by atoms with Gasteiger partial charge < -0.3 is 15.2 Å². The molecule has 2 heterocycles. The van der Waals surface area contributed by atoms with Crippen molar-refractivity contribution in [3.63, 3.8) is 0 Å². The van der Waals surface area contributed by atoms with Gasteiger partial charge in [-0.15, -0.1) is 0 Å². The maximum absolute atomic E-state index is 11.9. The molecule has 0 saturated heterocycles. The Morgan fingerprint density at radius 2 is 2.05 bits per heavy atom. The molecule has 0 aliphatic carbocycles. The summed E-state index contributed by atoms with van der Waals surface area (Å²) in [6, 6.07) is 0. The Labute approximate surface area is 111 Å². The molecule has 0 fully saturated rings. The molecular weight excluding hydrogens is 244 g/mol. The van der Waals surface area contributed by atoms with E-state index in [0.717, 1.165) is 13.1 Å². The fourth-order valence-electron chi connectivity index (χ4n) is 2.01. The second-order valence-corrected chi connectivity index (χ2v) is 4.19. The third kappa shape index (κ3) is 2.64. The zero-order valence-electron chi connectivity index (χ0n) is 11.2. The van der Waals surface area contributed by atoms with Gasteiger partial charge in [-0.05, 0) is 13.8 Å². The fraction of sp³-hybridized carbons (Fsp3) is 0.500. The second kappa shape index (κ2) is 5.64. The van der Waals surface area contributed by atoms with Crippen molar-refractivity contribution in [1.29, 1.82) is 0 Å². The molecule has 7 nitrogen and oxygen atoms in total. The normalized spacial score (nSPS) is 10.8. The van der Waals surface area contributed by atoms with Crippen LogP contribution in [0.3, 0.4) is 0 Å². The van der Waals surface area contributed by atoms with Crippen LogP contribution in [-0.4, -0.2) is 43.4 Å². The Morgan fingerprint density at radius 3 is 2.74 bits per heavy atom. The molecule has 0 saturated carbocycles. The number of imidazole rings is 1. The molecule has 0 radical (unpaired) electrons. The molecule has 0 unspecified atom stereocenters. The van der Waals surface area contributed by atoms with Crippen LogP contribution in [0.1, 0.15) is 20.3 Å². The Hall–Kier alpha value is -2.18. The predicted molar refractivity (Wildman–Crippen MR) is 72.3 cm³/mol. The summed E-state index contributed by atoms with van der Waals surface area (Å²) in [5.41, 5.74) is 6.96. The standard InChI is InChI=1S/C12H18N6O/c1-3-17(4-2)9(19)5-6-18-8-16-10-11(13)14-7-15-12(10)18/h7-8H,3-6H2,1-2H3,(H2,13,14,15). The molecular formula is C12H18N6O. The van der Waals surface area contributed by atoms with Gasteiger partial charge in [0.25, 0.3) is 0 Å². The smallest absolute Gasteiger partial charge is 0.224 e. The average molecular weight is 262 g/mol. The van der Waals surface area contributed by atoms with Crippen LogP contribution in [0.25, 0.3) is 11.2 Å². The van der Waals surface area contributed by atoms with E-state index >= 15 is 0 Å². The summed E-state index contributed by atoms with van der Waals surface area (Å²) in [7, 11) is 0. The molecule has 0 aliphatic rings. The lowest BCUT2D eigenvalue weighted by Crippen LogP contribution is -2.31. The number of rotatable bonds is 5. The lowest BCUT2D eigenvalue weighted by Gasteiger charge is -2.18. The first kappa shape index (κ1) is 13.3. The van der Waals surface area contributed by atoms with Crippen LogP contribution >= 0.6 is 0 Å². The third-order valence-electron chi connectivity index (χ3n) is 3.11. The van der Waals surface area contributed by atoms with Crippen LogP contribution in [-0.2, 0) is 11.3 Å². The Morgan fingerprint density at radius 1 is 1.32 bits per heavy atom. The first-order valence-corrected chi connectivity index (χ1v) is 6.36. The number of anilines is 1. The molecule has 2 aromatic heterocycles. The maximum atomic E-state index is 11.9. The van der Waals surface area contributed by atoms with Gasteiger partial charge in [0.1, 0.15) is 11.8 Å². The van der Waals surface area contributed by atoms with Crippen molar-refractivity contribution in [1.82, 2.24) is 24.4 Å². The van der Waals surface area contributed by atoms with Gasteiger partial charge in [-0.25, -0.2) is 15.0 Å². The number of nitrogens with two attached hydrogens (primary N) is 1. The zero-order valence-corrected chi connectivity index (χ0v) is 11.2. The van der Waals surface area contributed by atoms with Crippen molar-refractivity contribution >= 4 is 22.9 Å². The summed E-state index contributed by atoms with van der Waals surface area (Å²) in [6.45, 7) is 5.95. The number of amides is 1. The van der Waals surface area contributed by atoms with Crippen LogP contribution in [0.4, 0.5) is 5.82 Å². The number of hydrogen-bond donors (Lipinski definition) is 1. The zero-order chi connectivity index (χ0) is 13.8. The van der Waals surface area contributed by atoms with E-state index < -0.39 is 0 Å². The highest BCUT2D eigenvalue weighted by atomic mass is 16.2. The molecule has 0 bridgehead atoms. The van der Waals surface area contributed by atoms with Gasteiger partial charge in [0.05, 0.1) is 6.33 Å². The summed E-state index contributed by atoms with van der Waals surface area (Å²) in [4.78, 5) is 26.0. The minimum absolute atomic E-state index is 0.133. The number of carbonyl (C=O) groups is 1. The number of nitrogen functional groups attached to an aromatic ring is 1. The van der Waals surface area contributed by atoms with Gasteiger partial charge >= 0.3 is 0 Å². The van der Waals surface area contributed by atoms with Gasteiger partial charge in [0.15, 0.2) is 11.5 Å². The average Bonchev–Trinajstić information content (AvgIpc) is 2.82. The predicted octanol–water partition coefficient (Wildman–Crippen LogP) is 0.667. The monoisotopic (exact) mass is 262 g/mol. The van der Waals surface area contributed by atoms with E-state index in [1.54, 1.807) is 6.33 Å². The van der Waals surface area contributed by atoms with Gasteiger partial charge in [0.2, 0.25) is 5.91 Å². The summed E-state index contributed by atoms with van der Waals surface area (Å²) >= 11 is 0. The summed E-state index contributed by atoms with van der Waals surface area (Å²) in [5, 5.41) is 0. The van der Waals surface area contributed by atoms with Crippen molar-refractivity contribution in [2.75, 3.05) is 18.8 Å². The molecule has 7 heteroatoms. The quantitative estimate of drug-likeness (QED) is 0.855. The van der Waals surface area contributed by atoms with Gasteiger partial charge in [-0.1, -0.05) is 0 Å². The number of nitrogens with zero attached hydrogens (tertiary/aromatic N) is 5. The van der Waals surface area contributed by atoms with Crippen molar-refractivity contribution in [3.8, 4) is 0 Å². The van der Waals surface area contributed by atoms with E-state index in [9.17, 15) is 4.79 Å². The Bertz CT molecular complexity index is 575. The highest BCUT2D eigenvalue weighted by Gasteiger charge is 2.12. The lowest BCUT2D eigenvalue weighted by molar-refractivity contribution is -0.131. The molecule has 0 aromatic carbocycles. The number of aromatic nitrogens is 4. The molecule has 102 valence electrons. The highest BCUT2D eigenvalue weighted by Crippen LogP contribution is 2.14. The molecule has 19 heavy (non-hydrogen) atoms. The lowest BCUT2D eigenvalue weighted by atomic mass is 10.3. The van der Waals surface area contributed by atoms with Crippen LogP contribution in [0.2, 0.25) is 0 Å². The van der Waals surface area contributed by atoms with Crippen molar-refractivity contribution in [2.24, 2.45) is 0 Å². The summed E-state index contributed by atoms with van der Waals surface area (Å²) in [6.07, 6.45) is 3.48.